The molecule has 8 heteroatoms. The van der Waals surface area contributed by atoms with Gasteiger partial charge in [-0.15, -0.1) is 0 Å². The van der Waals surface area contributed by atoms with Crippen LogP contribution in [-0.4, -0.2) is 50.7 Å². The van der Waals surface area contributed by atoms with Crippen molar-refractivity contribution < 1.29 is 23.8 Å². The molecule has 0 unspecified atom stereocenters. The van der Waals surface area contributed by atoms with Crippen molar-refractivity contribution in [2.75, 3.05) is 38.2 Å². The lowest BCUT2D eigenvalue weighted by Crippen LogP contribution is -2.44. The van der Waals surface area contributed by atoms with Crippen LogP contribution in [0.4, 0.5) is 5.69 Å². The topological polar surface area (TPSA) is 85.9 Å². The van der Waals surface area contributed by atoms with Gasteiger partial charge in [-0.3, -0.25) is 9.59 Å². The minimum atomic E-state index is -0.561. The predicted molar refractivity (Wildman–Crippen MR) is 88.6 cm³/mol. The van der Waals surface area contributed by atoms with Crippen molar-refractivity contribution in [3.8, 4) is 17.2 Å². The summed E-state index contributed by atoms with van der Waals surface area (Å²) in [6.07, 6.45) is 0.429. The fourth-order valence-corrected chi connectivity index (χ4v) is 3.16. The number of ether oxygens (including phenoxy) is 3. The maximum Gasteiger partial charge on any atom is 0.247 e. The lowest BCUT2D eigenvalue weighted by Gasteiger charge is -2.17. The van der Waals surface area contributed by atoms with E-state index in [1.165, 1.54) is 21.3 Å². The normalized spacial score (nSPS) is 17.7. The number of nitrogens with one attached hydrogen (secondary N) is 2. The summed E-state index contributed by atoms with van der Waals surface area (Å²) < 4.78 is 15.7. The highest BCUT2D eigenvalue weighted by atomic mass is 32.2. The molecule has 23 heavy (non-hydrogen) atoms. The molecular formula is C15H20N2O5S. The van der Waals surface area contributed by atoms with E-state index in [9.17, 15) is 9.59 Å². The standard InChI is InChI=1S/C15H20N2O5S/c1-20-11-6-9(7-12(21-2)14(11)22-3)16-15(19)10-8-23-5-4-13(18)17-10/h6-7,10H,4-5,8H2,1-3H3,(H,16,19)(H,17,18)/t10-/m0/s1. The van der Waals surface area contributed by atoms with Crippen molar-refractivity contribution >= 4 is 29.3 Å². The van der Waals surface area contributed by atoms with Gasteiger partial charge < -0.3 is 24.8 Å². The number of carbonyl (C=O) groups is 2. The summed E-state index contributed by atoms with van der Waals surface area (Å²) in [4.78, 5) is 23.9. The lowest BCUT2D eigenvalue weighted by atomic mass is 10.2. The van der Waals surface area contributed by atoms with Gasteiger partial charge >= 0.3 is 0 Å². The van der Waals surface area contributed by atoms with Crippen LogP contribution in [0.1, 0.15) is 6.42 Å². The van der Waals surface area contributed by atoms with Gasteiger partial charge in [0.05, 0.1) is 21.3 Å². The Balaban J connectivity index is 2.18. The molecule has 1 saturated heterocycles. The average Bonchev–Trinajstić information content (AvgIpc) is 2.78. The first kappa shape index (κ1) is 17.3. The van der Waals surface area contributed by atoms with Crippen LogP contribution < -0.4 is 24.8 Å². The van der Waals surface area contributed by atoms with Crippen LogP contribution in [0.3, 0.4) is 0 Å². The molecule has 0 aliphatic carbocycles. The molecule has 7 nitrogen and oxygen atoms in total. The van der Waals surface area contributed by atoms with Gasteiger partial charge in [-0.25, -0.2) is 0 Å². The van der Waals surface area contributed by atoms with Crippen LogP contribution in [-0.2, 0) is 9.59 Å². The number of benzene rings is 1. The molecule has 0 bridgehead atoms. The first-order chi connectivity index (χ1) is 11.1. The lowest BCUT2D eigenvalue weighted by molar-refractivity contribution is -0.125. The van der Waals surface area contributed by atoms with E-state index < -0.39 is 6.04 Å². The summed E-state index contributed by atoms with van der Waals surface area (Å²) in [5.74, 6) is 2.22. The Morgan fingerprint density at radius 2 is 1.87 bits per heavy atom. The minimum Gasteiger partial charge on any atom is -0.493 e. The number of amides is 2. The third kappa shape index (κ3) is 4.22. The maximum atomic E-state index is 12.4. The zero-order valence-corrected chi connectivity index (χ0v) is 14.1. The van der Waals surface area contributed by atoms with E-state index in [0.717, 1.165) is 5.75 Å². The predicted octanol–water partition coefficient (Wildman–Crippen LogP) is 1.27. The van der Waals surface area contributed by atoms with Gasteiger partial charge in [0.25, 0.3) is 0 Å². The second-order valence-corrected chi connectivity index (χ2v) is 6.00. The summed E-state index contributed by atoms with van der Waals surface area (Å²) in [6.45, 7) is 0. The zero-order valence-electron chi connectivity index (χ0n) is 13.3. The number of hydrogen-bond donors (Lipinski definition) is 2. The van der Waals surface area contributed by atoms with E-state index >= 15 is 0 Å². The Morgan fingerprint density at radius 3 is 2.43 bits per heavy atom. The molecule has 0 saturated carbocycles. The third-order valence-corrected chi connectivity index (χ3v) is 4.40. The molecule has 1 heterocycles. The molecule has 2 amide bonds. The quantitative estimate of drug-likeness (QED) is 0.840. The van der Waals surface area contributed by atoms with Crippen molar-refractivity contribution in [2.45, 2.75) is 12.5 Å². The molecule has 2 N–H and O–H groups in total. The first-order valence-electron chi connectivity index (χ1n) is 7.07. The number of thioether (sulfide) groups is 1. The number of rotatable bonds is 5. The number of anilines is 1. The number of methoxy groups -OCH3 is 3. The fraction of sp³-hybridized carbons (Fsp3) is 0.467. The van der Waals surface area contributed by atoms with E-state index in [2.05, 4.69) is 10.6 Å². The van der Waals surface area contributed by atoms with Crippen molar-refractivity contribution in [1.29, 1.82) is 0 Å². The average molecular weight is 340 g/mol. The summed E-state index contributed by atoms with van der Waals surface area (Å²) in [6, 6.07) is 2.73. The van der Waals surface area contributed by atoms with Gasteiger partial charge in [-0.05, 0) is 0 Å². The second kappa shape index (κ2) is 7.96. The molecular weight excluding hydrogens is 320 g/mol. The Bertz CT molecular complexity index is 568. The van der Waals surface area contributed by atoms with E-state index in [-0.39, 0.29) is 11.8 Å². The summed E-state index contributed by atoms with van der Waals surface area (Å²) in [5, 5.41) is 5.50. The van der Waals surface area contributed by atoms with E-state index in [1.54, 1.807) is 23.9 Å². The van der Waals surface area contributed by atoms with Crippen LogP contribution >= 0.6 is 11.8 Å². The highest BCUT2D eigenvalue weighted by Gasteiger charge is 2.24. The first-order valence-corrected chi connectivity index (χ1v) is 8.22. The van der Waals surface area contributed by atoms with E-state index in [0.29, 0.717) is 35.1 Å². The Hall–Kier alpha value is -2.09. The van der Waals surface area contributed by atoms with Gasteiger partial charge in [0.1, 0.15) is 6.04 Å². The molecule has 0 radical (unpaired) electrons. The van der Waals surface area contributed by atoms with E-state index in [1.807, 2.05) is 0 Å². The molecule has 1 fully saturated rings. The van der Waals surface area contributed by atoms with Crippen LogP contribution in [0.5, 0.6) is 17.2 Å². The fourth-order valence-electron chi connectivity index (χ4n) is 2.20. The van der Waals surface area contributed by atoms with Crippen LogP contribution in [0.2, 0.25) is 0 Å². The molecule has 1 aromatic rings. The smallest absolute Gasteiger partial charge is 0.247 e. The van der Waals surface area contributed by atoms with Crippen molar-refractivity contribution in [2.24, 2.45) is 0 Å². The van der Waals surface area contributed by atoms with Crippen molar-refractivity contribution in [3.63, 3.8) is 0 Å². The van der Waals surface area contributed by atoms with Gasteiger partial charge in [-0.2, -0.15) is 11.8 Å². The zero-order chi connectivity index (χ0) is 16.8. The van der Waals surface area contributed by atoms with Crippen molar-refractivity contribution in [3.05, 3.63) is 12.1 Å². The number of hydrogen-bond acceptors (Lipinski definition) is 6. The van der Waals surface area contributed by atoms with Crippen molar-refractivity contribution in [1.82, 2.24) is 5.32 Å². The molecule has 1 aliphatic rings. The molecule has 2 rings (SSSR count). The molecule has 0 aromatic heterocycles. The molecule has 126 valence electrons. The molecule has 1 atom stereocenters. The van der Waals surface area contributed by atoms with Gasteiger partial charge in [0.2, 0.25) is 17.6 Å². The molecule has 1 aliphatic heterocycles. The largest absolute Gasteiger partial charge is 0.493 e. The summed E-state index contributed by atoms with van der Waals surface area (Å²) in [7, 11) is 4.52. The van der Waals surface area contributed by atoms with Gasteiger partial charge in [0, 0.05) is 35.7 Å². The third-order valence-electron chi connectivity index (χ3n) is 3.34. The van der Waals surface area contributed by atoms with Crippen LogP contribution in [0.15, 0.2) is 12.1 Å². The maximum absolute atomic E-state index is 12.4. The number of carbonyl (C=O) groups excluding carboxylic acids is 2. The second-order valence-electron chi connectivity index (χ2n) is 4.85. The van der Waals surface area contributed by atoms with Gasteiger partial charge in [-0.1, -0.05) is 0 Å². The Kier molecular flexibility index (Phi) is 5.97. The minimum absolute atomic E-state index is 0.111. The molecule has 1 aromatic carbocycles. The monoisotopic (exact) mass is 340 g/mol. The van der Waals surface area contributed by atoms with E-state index in [4.69, 9.17) is 14.2 Å². The summed E-state index contributed by atoms with van der Waals surface area (Å²) in [5.41, 5.74) is 0.507. The highest BCUT2D eigenvalue weighted by Crippen LogP contribution is 2.39. The van der Waals surface area contributed by atoms with Crippen LogP contribution in [0, 0.1) is 0 Å². The Morgan fingerprint density at radius 1 is 1.22 bits per heavy atom. The SMILES string of the molecule is COc1cc(NC(=O)[C@@H]2CSCCC(=O)N2)cc(OC)c1OC. The Labute approximate surface area is 139 Å². The molecule has 0 spiro atoms. The summed E-state index contributed by atoms with van der Waals surface area (Å²) >= 11 is 1.57. The van der Waals surface area contributed by atoms with Crippen LogP contribution in [0.25, 0.3) is 0 Å². The van der Waals surface area contributed by atoms with Gasteiger partial charge in [0.15, 0.2) is 11.5 Å². The highest BCUT2D eigenvalue weighted by molar-refractivity contribution is 7.99.